The number of rotatable bonds is 1. The summed E-state index contributed by atoms with van der Waals surface area (Å²) >= 11 is 0. The molecule has 0 aromatic carbocycles. The van der Waals surface area contributed by atoms with E-state index in [2.05, 4.69) is 11.8 Å². The molecular formula is CH2N2O. The minimum atomic E-state index is 2.00. The van der Waals surface area contributed by atoms with Crippen LogP contribution in [-0.4, -0.2) is 6.72 Å². The molecule has 0 rings (SSSR count). The number of nitrogens with zero attached hydrogens (tertiary/aromatic N) is 2. The zero-order valence-corrected chi connectivity index (χ0v) is 2.01. The van der Waals surface area contributed by atoms with Gasteiger partial charge in [0.25, 0.3) is 0 Å². The highest BCUT2D eigenvalue weighted by atomic mass is 16.3. The van der Waals surface area contributed by atoms with Gasteiger partial charge in [-0.2, -0.15) is 0 Å². The third kappa shape index (κ3) is 1.27. The molecule has 3 heteroatoms. The molecule has 3 nitrogen and oxygen atoms in total. The summed E-state index contributed by atoms with van der Waals surface area (Å²) in [5, 5.41) is 4.56. The summed E-state index contributed by atoms with van der Waals surface area (Å²) in [5.74, 6) is 0. The van der Waals surface area contributed by atoms with Crippen LogP contribution in [0.2, 0.25) is 0 Å². The highest BCUT2D eigenvalue weighted by molar-refractivity contribution is 5.22. The second kappa shape index (κ2) is 2.27. The predicted molar refractivity (Wildman–Crippen MR) is 15.3 cm³/mol. The summed E-state index contributed by atoms with van der Waals surface area (Å²) in [6.07, 6.45) is 0. The van der Waals surface area contributed by atoms with Crippen molar-refractivity contribution in [2.75, 3.05) is 0 Å². The summed E-state index contributed by atoms with van der Waals surface area (Å²) < 4.78 is 0. The van der Waals surface area contributed by atoms with E-state index in [1.54, 1.807) is 0 Å². The Balaban J connectivity index is 2.73. The molecule has 0 bridgehead atoms. The van der Waals surface area contributed by atoms with E-state index in [4.69, 9.17) is 4.91 Å². The Bertz CT molecular complexity index is 27.0. The second-order valence-corrected chi connectivity index (χ2v) is 0.223. The summed E-state index contributed by atoms with van der Waals surface area (Å²) in [6, 6.07) is 0. The third-order valence-corrected chi connectivity index (χ3v) is 0.0577. The van der Waals surface area contributed by atoms with Crippen molar-refractivity contribution in [3.63, 3.8) is 0 Å². The van der Waals surface area contributed by atoms with E-state index < -0.39 is 0 Å². The Labute approximate surface area is 23.3 Å². The van der Waals surface area contributed by atoms with E-state index >= 15 is 0 Å². The van der Waals surface area contributed by atoms with Crippen LogP contribution in [-0.2, 0) is 0 Å². The average Bonchev–Trinajstić information content (AvgIpc) is 1.37. The molecule has 4 heavy (non-hydrogen) atoms. The fraction of sp³-hybridized carbons (Fsp3) is 0. The molecule has 0 heterocycles. The first-order valence-corrected chi connectivity index (χ1v) is 0.699. The maximum Gasteiger partial charge on any atom is 0.0791 e. The van der Waals surface area contributed by atoms with Crippen molar-refractivity contribution in [1.29, 1.82) is 0 Å². The van der Waals surface area contributed by atoms with Crippen LogP contribution in [0, 0.1) is 4.91 Å². The zero-order chi connectivity index (χ0) is 3.41. The van der Waals surface area contributed by atoms with Crippen molar-refractivity contribution in [1.82, 2.24) is 0 Å². The van der Waals surface area contributed by atoms with Crippen LogP contribution in [0.3, 0.4) is 0 Å². The number of nitroso groups, excluding NO2 is 1. The van der Waals surface area contributed by atoms with E-state index in [9.17, 15) is 0 Å². The van der Waals surface area contributed by atoms with Gasteiger partial charge in [-0.25, -0.2) is 0 Å². The van der Waals surface area contributed by atoms with Crippen molar-refractivity contribution in [2.24, 2.45) is 10.4 Å². The maximum atomic E-state index is 8.69. The molecule has 0 radical (unpaired) electrons. The lowest BCUT2D eigenvalue weighted by atomic mass is 11.7. The summed E-state index contributed by atoms with van der Waals surface area (Å²) in [6.45, 7) is 2.75. The first-order chi connectivity index (χ1) is 1.91. The summed E-state index contributed by atoms with van der Waals surface area (Å²) in [5.41, 5.74) is 0. The van der Waals surface area contributed by atoms with E-state index in [-0.39, 0.29) is 0 Å². The SMILES string of the molecule is C=NN=O. The second-order valence-electron chi connectivity index (χ2n) is 0.223. The molecule has 0 aliphatic carbocycles. The third-order valence-electron chi connectivity index (χ3n) is 0.0577. The molecule has 0 aliphatic rings. The van der Waals surface area contributed by atoms with Gasteiger partial charge >= 0.3 is 0 Å². The lowest BCUT2D eigenvalue weighted by Gasteiger charge is -1.40. The molecule has 0 unspecified atom stereocenters. The molecule has 0 atom stereocenters. The van der Waals surface area contributed by atoms with Crippen LogP contribution in [0.4, 0.5) is 0 Å². The maximum absolute atomic E-state index is 8.69. The number of hydrogen-bond donors (Lipinski definition) is 0. The molecule has 0 saturated heterocycles. The Morgan fingerprint density at radius 1 is 1.75 bits per heavy atom. The van der Waals surface area contributed by atoms with Gasteiger partial charge in [-0.05, 0) is 0 Å². The predicted octanol–water partition coefficient (Wildman–Crippen LogP) is 0.368. The van der Waals surface area contributed by atoms with Gasteiger partial charge in [0.05, 0.1) is 5.29 Å². The van der Waals surface area contributed by atoms with Crippen LogP contribution in [0.25, 0.3) is 0 Å². The van der Waals surface area contributed by atoms with E-state index in [0.29, 0.717) is 0 Å². The summed E-state index contributed by atoms with van der Waals surface area (Å²) in [4.78, 5) is 8.69. The van der Waals surface area contributed by atoms with Crippen molar-refractivity contribution in [2.45, 2.75) is 0 Å². The van der Waals surface area contributed by atoms with Crippen molar-refractivity contribution >= 4 is 6.72 Å². The van der Waals surface area contributed by atoms with Gasteiger partial charge in [-0.1, -0.05) is 0 Å². The fourth-order valence-electron chi connectivity index (χ4n) is 0. The van der Waals surface area contributed by atoms with E-state index in [1.807, 2.05) is 5.29 Å². The Morgan fingerprint density at radius 2 is 2.00 bits per heavy atom. The molecule has 0 saturated carbocycles. The lowest BCUT2D eigenvalue weighted by molar-refractivity contribution is 1.24. The highest BCUT2D eigenvalue weighted by Crippen LogP contribution is 1.50. The van der Waals surface area contributed by atoms with Gasteiger partial charge in [0.15, 0.2) is 0 Å². The quantitative estimate of drug-likeness (QED) is 0.244. The normalized spacial score (nSPS) is 5.00. The Kier molecular flexibility index (Phi) is 1.86. The monoisotopic (exact) mass is 58.0 g/mol. The molecule has 0 aromatic heterocycles. The molecule has 22 valence electrons. The molecule has 0 aromatic rings. The van der Waals surface area contributed by atoms with Crippen LogP contribution in [0.15, 0.2) is 10.4 Å². The molecule has 0 aliphatic heterocycles. The topological polar surface area (TPSA) is 41.8 Å². The zero-order valence-electron chi connectivity index (χ0n) is 2.01. The van der Waals surface area contributed by atoms with Gasteiger partial charge in [0, 0.05) is 6.72 Å². The minimum Gasteiger partial charge on any atom is -0.128 e. The van der Waals surface area contributed by atoms with Crippen molar-refractivity contribution < 1.29 is 0 Å². The fourth-order valence-corrected chi connectivity index (χ4v) is 0. The van der Waals surface area contributed by atoms with E-state index in [0.717, 1.165) is 0 Å². The minimum absolute atomic E-state index is 2.00. The van der Waals surface area contributed by atoms with Crippen LogP contribution in [0.5, 0.6) is 0 Å². The first-order valence-electron chi connectivity index (χ1n) is 0.699. The largest absolute Gasteiger partial charge is 0.128 e. The van der Waals surface area contributed by atoms with Gasteiger partial charge in [0.2, 0.25) is 0 Å². The smallest absolute Gasteiger partial charge is 0.0791 e. The Hall–Kier alpha value is -0.730. The molecule has 0 amide bonds. The molecular weight excluding hydrogens is 56.0 g/mol. The van der Waals surface area contributed by atoms with Crippen molar-refractivity contribution in [3.8, 4) is 0 Å². The molecule has 0 spiro atoms. The van der Waals surface area contributed by atoms with Crippen LogP contribution >= 0.6 is 0 Å². The highest BCUT2D eigenvalue weighted by Gasteiger charge is 1.34. The van der Waals surface area contributed by atoms with Crippen LogP contribution < -0.4 is 0 Å². The molecule has 0 fully saturated rings. The van der Waals surface area contributed by atoms with Gasteiger partial charge in [-0.15, -0.1) is 10.0 Å². The van der Waals surface area contributed by atoms with Gasteiger partial charge in [-0.3, -0.25) is 0 Å². The lowest BCUT2D eigenvalue weighted by Crippen LogP contribution is -1.26. The molecule has 0 N–H and O–H groups in total. The standard InChI is InChI=1S/CH2N2O/c1-2-3-4/h1H2. The van der Waals surface area contributed by atoms with E-state index in [1.165, 1.54) is 0 Å². The Morgan fingerprint density at radius 3 is 2.00 bits per heavy atom. The average molecular weight is 58.0 g/mol. The van der Waals surface area contributed by atoms with Crippen LogP contribution in [0.1, 0.15) is 0 Å². The summed E-state index contributed by atoms with van der Waals surface area (Å²) in [7, 11) is 0. The van der Waals surface area contributed by atoms with Gasteiger partial charge in [0.1, 0.15) is 0 Å². The van der Waals surface area contributed by atoms with Crippen molar-refractivity contribution in [3.05, 3.63) is 4.91 Å². The number of hydrogen-bond acceptors (Lipinski definition) is 2. The van der Waals surface area contributed by atoms with Gasteiger partial charge < -0.3 is 0 Å². The first kappa shape index (κ1) is 3.27.